The van der Waals surface area contributed by atoms with E-state index in [4.69, 9.17) is 12.2 Å². The van der Waals surface area contributed by atoms with Gasteiger partial charge in [-0.3, -0.25) is 4.90 Å². The number of nitrogens with two attached hydrogens (primary N) is 1. The Kier molecular flexibility index (Phi) is 5.14. The summed E-state index contributed by atoms with van der Waals surface area (Å²) >= 11 is 0. The SMILES string of the molecule is C#CCN(CCC)CC1(CN)CCCC1. The van der Waals surface area contributed by atoms with Crippen LogP contribution in [-0.2, 0) is 0 Å². The number of hydrogen-bond donors (Lipinski definition) is 1. The number of terminal acetylenes is 1. The molecule has 1 fully saturated rings. The quantitative estimate of drug-likeness (QED) is 0.675. The summed E-state index contributed by atoms with van der Waals surface area (Å²) in [6.07, 6.45) is 11.8. The van der Waals surface area contributed by atoms with Gasteiger partial charge in [-0.05, 0) is 37.8 Å². The topological polar surface area (TPSA) is 29.3 Å². The van der Waals surface area contributed by atoms with Gasteiger partial charge in [0, 0.05) is 6.54 Å². The molecular weight excluding hydrogens is 184 g/mol. The lowest BCUT2D eigenvalue weighted by Crippen LogP contribution is -2.41. The smallest absolute Gasteiger partial charge is 0.0599 e. The Labute approximate surface area is 94.2 Å². The molecule has 2 N–H and O–H groups in total. The Morgan fingerprint density at radius 1 is 1.40 bits per heavy atom. The highest BCUT2D eigenvalue weighted by molar-refractivity contribution is 4.93. The molecule has 2 nitrogen and oxygen atoms in total. The summed E-state index contributed by atoms with van der Waals surface area (Å²) in [5.74, 6) is 2.75. The van der Waals surface area contributed by atoms with Gasteiger partial charge in [0.2, 0.25) is 0 Å². The maximum Gasteiger partial charge on any atom is 0.0599 e. The molecule has 0 bridgehead atoms. The fraction of sp³-hybridized carbons (Fsp3) is 0.846. The van der Waals surface area contributed by atoms with E-state index in [9.17, 15) is 0 Å². The highest BCUT2D eigenvalue weighted by atomic mass is 15.1. The van der Waals surface area contributed by atoms with Gasteiger partial charge in [-0.1, -0.05) is 25.7 Å². The van der Waals surface area contributed by atoms with Crippen molar-refractivity contribution in [2.45, 2.75) is 39.0 Å². The van der Waals surface area contributed by atoms with E-state index >= 15 is 0 Å². The average Bonchev–Trinajstić information content (AvgIpc) is 2.68. The van der Waals surface area contributed by atoms with E-state index in [0.717, 1.165) is 26.2 Å². The van der Waals surface area contributed by atoms with E-state index in [1.807, 2.05) is 0 Å². The van der Waals surface area contributed by atoms with Crippen LogP contribution in [0.3, 0.4) is 0 Å². The van der Waals surface area contributed by atoms with Gasteiger partial charge in [0.25, 0.3) is 0 Å². The van der Waals surface area contributed by atoms with Crippen molar-refractivity contribution < 1.29 is 0 Å². The van der Waals surface area contributed by atoms with Crippen molar-refractivity contribution in [1.29, 1.82) is 0 Å². The van der Waals surface area contributed by atoms with Gasteiger partial charge in [0.15, 0.2) is 0 Å². The molecule has 1 saturated carbocycles. The van der Waals surface area contributed by atoms with Crippen LogP contribution < -0.4 is 5.73 Å². The van der Waals surface area contributed by atoms with E-state index in [0.29, 0.717) is 5.41 Å². The summed E-state index contributed by atoms with van der Waals surface area (Å²) in [5, 5.41) is 0. The Hall–Kier alpha value is -0.520. The fourth-order valence-corrected chi connectivity index (χ4v) is 2.69. The highest BCUT2D eigenvalue weighted by Gasteiger charge is 2.33. The monoisotopic (exact) mass is 208 g/mol. The van der Waals surface area contributed by atoms with Gasteiger partial charge in [0.05, 0.1) is 6.54 Å². The molecule has 2 heteroatoms. The highest BCUT2D eigenvalue weighted by Crippen LogP contribution is 2.37. The van der Waals surface area contributed by atoms with Gasteiger partial charge in [0.1, 0.15) is 0 Å². The molecule has 86 valence electrons. The molecular formula is C13H24N2. The molecule has 0 saturated heterocycles. The molecule has 15 heavy (non-hydrogen) atoms. The number of rotatable bonds is 6. The Morgan fingerprint density at radius 2 is 2.07 bits per heavy atom. The van der Waals surface area contributed by atoms with Crippen LogP contribution >= 0.6 is 0 Å². The minimum atomic E-state index is 0.367. The summed E-state index contributed by atoms with van der Waals surface area (Å²) in [6.45, 7) is 5.99. The second kappa shape index (κ2) is 6.15. The molecule has 0 aliphatic heterocycles. The first kappa shape index (κ1) is 12.5. The lowest BCUT2D eigenvalue weighted by Gasteiger charge is -2.33. The summed E-state index contributed by atoms with van der Waals surface area (Å²) in [5.41, 5.74) is 6.30. The molecule has 0 heterocycles. The maximum absolute atomic E-state index is 5.93. The molecule has 0 aromatic carbocycles. The molecule has 0 aromatic rings. The minimum Gasteiger partial charge on any atom is -0.330 e. The summed E-state index contributed by atoms with van der Waals surface area (Å²) in [4.78, 5) is 2.39. The van der Waals surface area contributed by atoms with E-state index in [1.54, 1.807) is 0 Å². The van der Waals surface area contributed by atoms with Crippen molar-refractivity contribution in [3.8, 4) is 12.3 Å². The zero-order valence-electron chi connectivity index (χ0n) is 9.97. The number of nitrogens with zero attached hydrogens (tertiary/aromatic N) is 1. The molecule has 0 radical (unpaired) electrons. The van der Waals surface area contributed by atoms with Gasteiger partial charge < -0.3 is 5.73 Å². The van der Waals surface area contributed by atoms with Crippen molar-refractivity contribution in [1.82, 2.24) is 4.90 Å². The third-order valence-corrected chi connectivity index (χ3v) is 3.51. The summed E-state index contributed by atoms with van der Waals surface area (Å²) < 4.78 is 0. The van der Waals surface area contributed by atoms with Crippen molar-refractivity contribution in [2.24, 2.45) is 11.1 Å². The predicted octanol–water partition coefficient (Wildman–Crippen LogP) is 1.85. The first-order valence-corrected chi connectivity index (χ1v) is 6.12. The second-order valence-corrected chi connectivity index (χ2v) is 4.83. The van der Waals surface area contributed by atoms with Crippen LogP contribution in [0.1, 0.15) is 39.0 Å². The number of hydrogen-bond acceptors (Lipinski definition) is 2. The molecule has 1 rings (SSSR count). The third kappa shape index (κ3) is 3.52. The van der Waals surface area contributed by atoms with Crippen LogP contribution in [0.4, 0.5) is 0 Å². The minimum absolute atomic E-state index is 0.367. The zero-order valence-corrected chi connectivity index (χ0v) is 9.97. The molecule has 0 spiro atoms. The molecule has 1 aliphatic rings. The third-order valence-electron chi connectivity index (χ3n) is 3.51. The Morgan fingerprint density at radius 3 is 2.53 bits per heavy atom. The molecule has 0 atom stereocenters. The molecule has 0 amide bonds. The van der Waals surface area contributed by atoms with Gasteiger partial charge in [-0.25, -0.2) is 0 Å². The normalized spacial score (nSPS) is 19.3. The van der Waals surface area contributed by atoms with Crippen molar-refractivity contribution in [3.05, 3.63) is 0 Å². The second-order valence-electron chi connectivity index (χ2n) is 4.83. The Bertz CT molecular complexity index is 211. The largest absolute Gasteiger partial charge is 0.330 e. The maximum atomic E-state index is 5.93. The summed E-state index contributed by atoms with van der Waals surface area (Å²) in [7, 11) is 0. The van der Waals surface area contributed by atoms with Crippen LogP contribution in [0.25, 0.3) is 0 Å². The van der Waals surface area contributed by atoms with Gasteiger partial charge >= 0.3 is 0 Å². The fourth-order valence-electron chi connectivity index (χ4n) is 2.69. The van der Waals surface area contributed by atoms with Crippen LogP contribution in [0.15, 0.2) is 0 Å². The van der Waals surface area contributed by atoms with E-state index in [-0.39, 0.29) is 0 Å². The van der Waals surface area contributed by atoms with Crippen LogP contribution in [0, 0.1) is 17.8 Å². The first-order chi connectivity index (χ1) is 7.26. The van der Waals surface area contributed by atoms with Crippen LogP contribution in [-0.4, -0.2) is 31.1 Å². The first-order valence-electron chi connectivity index (χ1n) is 6.12. The van der Waals surface area contributed by atoms with E-state index in [1.165, 1.54) is 32.1 Å². The van der Waals surface area contributed by atoms with Gasteiger partial charge in [-0.2, -0.15) is 0 Å². The lowest BCUT2D eigenvalue weighted by molar-refractivity contribution is 0.172. The van der Waals surface area contributed by atoms with Crippen LogP contribution in [0.2, 0.25) is 0 Å². The average molecular weight is 208 g/mol. The Balaban J connectivity index is 2.50. The zero-order chi connectivity index (χ0) is 11.1. The van der Waals surface area contributed by atoms with E-state index in [2.05, 4.69) is 17.7 Å². The van der Waals surface area contributed by atoms with E-state index < -0.39 is 0 Å². The van der Waals surface area contributed by atoms with Gasteiger partial charge in [-0.15, -0.1) is 6.42 Å². The molecule has 0 aromatic heterocycles. The predicted molar refractivity (Wildman–Crippen MR) is 65.5 cm³/mol. The molecule has 1 aliphatic carbocycles. The lowest BCUT2D eigenvalue weighted by atomic mass is 9.85. The summed E-state index contributed by atoms with van der Waals surface area (Å²) in [6, 6.07) is 0. The van der Waals surface area contributed by atoms with Crippen molar-refractivity contribution in [2.75, 3.05) is 26.2 Å². The van der Waals surface area contributed by atoms with Crippen LogP contribution in [0.5, 0.6) is 0 Å². The van der Waals surface area contributed by atoms with Crippen molar-refractivity contribution >= 4 is 0 Å². The standard InChI is InChI=1S/C13H24N2/c1-3-9-15(10-4-2)12-13(11-14)7-5-6-8-13/h1H,4-12,14H2,2H3. The molecule has 0 unspecified atom stereocenters. The van der Waals surface area contributed by atoms with Crippen molar-refractivity contribution in [3.63, 3.8) is 0 Å².